The molecule has 2 heterocycles. The lowest BCUT2D eigenvalue weighted by atomic mass is 10.1. The summed E-state index contributed by atoms with van der Waals surface area (Å²) in [5.74, 6) is 0.102. The molecule has 2 N–H and O–H groups in total. The molecule has 0 saturated carbocycles. The zero-order valence-electron chi connectivity index (χ0n) is 14.0. The highest BCUT2D eigenvalue weighted by Crippen LogP contribution is 2.31. The van der Waals surface area contributed by atoms with Crippen molar-refractivity contribution in [3.63, 3.8) is 0 Å². The number of benzene rings is 1. The molecule has 0 aliphatic heterocycles. The maximum Gasteiger partial charge on any atom is 0.417 e. The van der Waals surface area contributed by atoms with Crippen LogP contribution in [0.3, 0.4) is 0 Å². The van der Waals surface area contributed by atoms with Gasteiger partial charge in [0.1, 0.15) is 11.6 Å². The van der Waals surface area contributed by atoms with Crippen molar-refractivity contribution in [2.75, 3.05) is 7.11 Å². The van der Waals surface area contributed by atoms with Crippen LogP contribution in [0.25, 0.3) is 11.5 Å². The molecule has 0 fully saturated rings. The van der Waals surface area contributed by atoms with E-state index in [0.717, 1.165) is 12.1 Å². The fourth-order valence-electron chi connectivity index (χ4n) is 2.39. The van der Waals surface area contributed by atoms with Crippen LogP contribution in [0.15, 0.2) is 42.6 Å². The summed E-state index contributed by atoms with van der Waals surface area (Å²) in [6.07, 6.45) is -3.08. The zero-order chi connectivity index (χ0) is 19.4. The highest BCUT2D eigenvalue weighted by atomic mass is 19.4. The number of nitrogens with one attached hydrogen (secondary N) is 2. The summed E-state index contributed by atoms with van der Waals surface area (Å²) in [4.78, 5) is 20.5. The number of aromatic nitrogens is 4. The lowest BCUT2D eigenvalue weighted by molar-refractivity contribution is -0.137. The monoisotopic (exact) mass is 377 g/mol. The third kappa shape index (κ3) is 4.05. The summed E-state index contributed by atoms with van der Waals surface area (Å²) in [6, 6.07) is 7.94. The number of hydrogen-bond acceptors (Lipinski definition) is 5. The van der Waals surface area contributed by atoms with E-state index in [-0.39, 0.29) is 18.2 Å². The van der Waals surface area contributed by atoms with Crippen LogP contribution in [0, 0.1) is 0 Å². The number of amides is 1. The topological polar surface area (TPSA) is 92.8 Å². The van der Waals surface area contributed by atoms with Gasteiger partial charge in [-0.05, 0) is 24.3 Å². The van der Waals surface area contributed by atoms with Gasteiger partial charge in [0.2, 0.25) is 5.82 Å². The number of ether oxygens (including phenoxy) is 1. The van der Waals surface area contributed by atoms with Crippen LogP contribution in [-0.4, -0.2) is 33.2 Å². The van der Waals surface area contributed by atoms with Gasteiger partial charge >= 0.3 is 6.18 Å². The molecule has 0 atom stereocenters. The number of methoxy groups -OCH3 is 1. The molecular weight excluding hydrogens is 363 g/mol. The normalized spacial score (nSPS) is 11.3. The number of H-pyrrole nitrogens is 1. The number of halogens is 3. The van der Waals surface area contributed by atoms with Gasteiger partial charge in [-0.2, -0.15) is 18.3 Å². The van der Waals surface area contributed by atoms with Crippen molar-refractivity contribution in [2.24, 2.45) is 0 Å². The number of aromatic amines is 1. The standard InChI is InChI=1S/C17H14F3N5O2/c1-27-12-7-4-8-21-14(12)15-23-13(24-25-15)9-22-16(26)10-5-2-3-6-11(10)17(18,19)20/h2-8H,9H2,1H3,(H,22,26)(H,23,24,25). The van der Waals surface area contributed by atoms with Crippen LogP contribution < -0.4 is 10.1 Å². The molecule has 2 aromatic heterocycles. The van der Waals surface area contributed by atoms with E-state index in [1.807, 2.05) is 0 Å². The van der Waals surface area contributed by atoms with Gasteiger partial charge in [0.05, 0.1) is 24.8 Å². The third-order valence-corrected chi connectivity index (χ3v) is 3.63. The number of pyridine rings is 1. The molecule has 10 heteroatoms. The van der Waals surface area contributed by atoms with Crippen LogP contribution in [-0.2, 0) is 12.7 Å². The summed E-state index contributed by atoms with van der Waals surface area (Å²) in [6.45, 7) is -0.132. The molecule has 7 nitrogen and oxygen atoms in total. The van der Waals surface area contributed by atoms with Gasteiger partial charge < -0.3 is 10.1 Å². The summed E-state index contributed by atoms with van der Waals surface area (Å²) in [5.41, 5.74) is -1.06. The Labute approximate surface area is 151 Å². The van der Waals surface area contributed by atoms with Crippen LogP contribution in [0.4, 0.5) is 13.2 Å². The molecule has 0 unspecified atom stereocenters. The molecular formula is C17H14F3N5O2. The van der Waals surface area contributed by atoms with Gasteiger partial charge in [-0.25, -0.2) is 9.97 Å². The second-order valence-corrected chi connectivity index (χ2v) is 5.39. The molecule has 1 amide bonds. The molecule has 27 heavy (non-hydrogen) atoms. The summed E-state index contributed by atoms with van der Waals surface area (Å²) in [7, 11) is 1.48. The molecule has 3 aromatic rings. The second kappa shape index (κ2) is 7.44. The van der Waals surface area contributed by atoms with Gasteiger partial charge in [-0.1, -0.05) is 12.1 Å². The summed E-state index contributed by atoms with van der Waals surface area (Å²) < 4.78 is 44.2. The van der Waals surface area contributed by atoms with E-state index in [2.05, 4.69) is 25.5 Å². The average Bonchev–Trinajstić information content (AvgIpc) is 3.14. The Morgan fingerprint density at radius 3 is 2.74 bits per heavy atom. The van der Waals surface area contributed by atoms with Crippen molar-refractivity contribution < 1.29 is 22.7 Å². The van der Waals surface area contributed by atoms with Crippen LogP contribution >= 0.6 is 0 Å². The van der Waals surface area contributed by atoms with Crippen LogP contribution in [0.5, 0.6) is 5.75 Å². The van der Waals surface area contributed by atoms with Gasteiger partial charge in [0.15, 0.2) is 5.69 Å². The molecule has 0 bridgehead atoms. The predicted molar refractivity (Wildman–Crippen MR) is 88.8 cm³/mol. The molecule has 3 rings (SSSR count). The quantitative estimate of drug-likeness (QED) is 0.713. The van der Waals surface area contributed by atoms with Crippen molar-refractivity contribution in [1.29, 1.82) is 0 Å². The number of carbonyl (C=O) groups is 1. The summed E-state index contributed by atoms with van der Waals surface area (Å²) in [5, 5.41) is 9.00. The molecule has 1 aromatic carbocycles. The molecule has 0 spiro atoms. The lowest BCUT2D eigenvalue weighted by Crippen LogP contribution is -2.26. The van der Waals surface area contributed by atoms with Crippen molar-refractivity contribution in [3.05, 3.63) is 59.5 Å². The number of rotatable bonds is 5. The minimum atomic E-state index is -4.62. The van der Waals surface area contributed by atoms with Crippen molar-refractivity contribution in [2.45, 2.75) is 12.7 Å². The van der Waals surface area contributed by atoms with E-state index < -0.39 is 23.2 Å². The van der Waals surface area contributed by atoms with E-state index in [1.165, 1.54) is 19.2 Å². The smallest absolute Gasteiger partial charge is 0.417 e. The highest BCUT2D eigenvalue weighted by Gasteiger charge is 2.34. The van der Waals surface area contributed by atoms with E-state index in [9.17, 15) is 18.0 Å². The fraction of sp³-hybridized carbons (Fsp3) is 0.176. The molecule has 0 aliphatic rings. The largest absolute Gasteiger partial charge is 0.494 e. The first-order chi connectivity index (χ1) is 12.9. The SMILES string of the molecule is COc1cccnc1-c1n[nH]c(CNC(=O)c2ccccc2C(F)(F)F)n1. The minimum Gasteiger partial charge on any atom is -0.494 e. The first kappa shape index (κ1) is 18.4. The third-order valence-electron chi connectivity index (χ3n) is 3.63. The van der Waals surface area contributed by atoms with E-state index in [1.54, 1.807) is 18.3 Å². The van der Waals surface area contributed by atoms with Gasteiger partial charge in [-0.3, -0.25) is 9.89 Å². The number of carbonyl (C=O) groups excluding carboxylic acids is 1. The Bertz CT molecular complexity index is 955. The number of alkyl halides is 3. The van der Waals surface area contributed by atoms with Crippen LogP contribution in [0.1, 0.15) is 21.7 Å². The Morgan fingerprint density at radius 2 is 2.00 bits per heavy atom. The minimum absolute atomic E-state index is 0.132. The number of nitrogens with zero attached hydrogens (tertiary/aromatic N) is 3. The maximum atomic E-state index is 13.0. The average molecular weight is 377 g/mol. The van der Waals surface area contributed by atoms with E-state index in [4.69, 9.17) is 4.74 Å². The van der Waals surface area contributed by atoms with Gasteiger partial charge in [-0.15, -0.1) is 0 Å². The summed E-state index contributed by atoms with van der Waals surface area (Å²) >= 11 is 0. The Balaban J connectivity index is 1.74. The number of hydrogen-bond donors (Lipinski definition) is 2. The fourth-order valence-corrected chi connectivity index (χ4v) is 2.39. The van der Waals surface area contributed by atoms with E-state index >= 15 is 0 Å². The Morgan fingerprint density at radius 1 is 1.22 bits per heavy atom. The molecule has 140 valence electrons. The first-order valence-corrected chi connectivity index (χ1v) is 7.75. The van der Waals surface area contributed by atoms with E-state index in [0.29, 0.717) is 11.4 Å². The highest BCUT2D eigenvalue weighted by molar-refractivity contribution is 5.95. The Hall–Kier alpha value is -3.43. The maximum absolute atomic E-state index is 13.0. The lowest BCUT2D eigenvalue weighted by Gasteiger charge is -2.12. The second-order valence-electron chi connectivity index (χ2n) is 5.39. The van der Waals surface area contributed by atoms with Crippen molar-refractivity contribution in [3.8, 4) is 17.3 Å². The van der Waals surface area contributed by atoms with Crippen molar-refractivity contribution >= 4 is 5.91 Å². The first-order valence-electron chi connectivity index (χ1n) is 7.75. The van der Waals surface area contributed by atoms with Gasteiger partial charge in [0.25, 0.3) is 5.91 Å². The van der Waals surface area contributed by atoms with Crippen molar-refractivity contribution in [1.82, 2.24) is 25.5 Å². The van der Waals surface area contributed by atoms with Crippen LogP contribution in [0.2, 0.25) is 0 Å². The van der Waals surface area contributed by atoms with Gasteiger partial charge in [0, 0.05) is 6.20 Å². The zero-order valence-corrected chi connectivity index (χ0v) is 14.0. The Kier molecular flexibility index (Phi) is 5.06. The molecule has 0 aliphatic carbocycles. The predicted octanol–water partition coefficient (Wildman–Crippen LogP) is 2.82. The molecule has 0 saturated heterocycles. The molecule has 0 radical (unpaired) electrons.